The molecule has 2 atom stereocenters. The van der Waals surface area contributed by atoms with Crippen LogP contribution in [-0.4, -0.2) is 90.6 Å². The number of piperazine rings is 1. The van der Waals surface area contributed by atoms with Gasteiger partial charge >= 0.3 is 0 Å². The number of carbonyl (C=O) groups excluding carboxylic acids is 2. The minimum absolute atomic E-state index is 0.0219. The van der Waals surface area contributed by atoms with Crippen molar-refractivity contribution in [1.82, 2.24) is 19.7 Å². The van der Waals surface area contributed by atoms with Gasteiger partial charge in [0.15, 0.2) is 0 Å². The van der Waals surface area contributed by atoms with Crippen LogP contribution in [0.3, 0.4) is 0 Å². The van der Waals surface area contributed by atoms with E-state index in [9.17, 15) is 9.59 Å². The van der Waals surface area contributed by atoms with E-state index in [-0.39, 0.29) is 18.4 Å². The second kappa shape index (κ2) is 9.02. The molecule has 0 radical (unpaired) electrons. The summed E-state index contributed by atoms with van der Waals surface area (Å²) >= 11 is 0. The van der Waals surface area contributed by atoms with Crippen molar-refractivity contribution in [3.63, 3.8) is 0 Å². The van der Waals surface area contributed by atoms with E-state index in [1.54, 1.807) is 16.9 Å². The van der Waals surface area contributed by atoms with Crippen LogP contribution in [0.4, 0.5) is 0 Å². The van der Waals surface area contributed by atoms with Crippen LogP contribution in [0.1, 0.15) is 22.9 Å². The number of para-hydroxylation sites is 2. The number of hydrogen-bond donors (Lipinski definition) is 1. The number of aromatic amines is 1. The molecule has 8 heteroatoms. The first kappa shape index (κ1) is 22.1. The molecule has 2 amide bonds. The Morgan fingerprint density at radius 2 is 1.80 bits per heavy atom. The molecule has 0 saturated carbocycles. The zero-order chi connectivity index (χ0) is 23.9. The number of aromatic nitrogens is 1. The van der Waals surface area contributed by atoms with E-state index in [1.807, 2.05) is 42.5 Å². The summed E-state index contributed by atoms with van der Waals surface area (Å²) in [6.45, 7) is 4.56. The van der Waals surface area contributed by atoms with Crippen molar-refractivity contribution in [2.45, 2.75) is 18.5 Å². The minimum Gasteiger partial charge on any atom is -0.496 e. The number of methoxy groups -OCH3 is 1. The minimum atomic E-state index is -0.539. The van der Waals surface area contributed by atoms with Crippen molar-refractivity contribution in [3.05, 3.63) is 65.4 Å². The molecule has 3 aliphatic heterocycles. The van der Waals surface area contributed by atoms with Crippen molar-refractivity contribution in [1.29, 1.82) is 0 Å². The first-order valence-electron chi connectivity index (χ1n) is 12.3. The molecule has 3 aliphatic rings. The number of rotatable bonds is 5. The fourth-order valence-corrected chi connectivity index (χ4v) is 5.82. The van der Waals surface area contributed by atoms with Crippen LogP contribution in [0.15, 0.2) is 48.5 Å². The highest BCUT2D eigenvalue weighted by atomic mass is 16.5. The number of nitrogens with zero attached hydrogens (tertiary/aromatic N) is 3. The van der Waals surface area contributed by atoms with Crippen molar-refractivity contribution < 1.29 is 19.1 Å². The maximum atomic E-state index is 13.8. The van der Waals surface area contributed by atoms with Gasteiger partial charge in [-0.1, -0.05) is 36.4 Å². The predicted molar refractivity (Wildman–Crippen MR) is 131 cm³/mol. The fraction of sp³-hybridized carbons (Fsp3) is 0.407. The van der Waals surface area contributed by atoms with Gasteiger partial charge in [-0.05, 0) is 17.7 Å². The Labute approximate surface area is 204 Å². The Morgan fingerprint density at radius 1 is 1.03 bits per heavy atom. The van der Waals surface area contributed by atoms with E-state index in [0.29, 0.717) is 31.9 Å². The van der Waals surface area contributed by atoms with Crippen LogP contribution >= 0.6 is 0 Å². The van der Waals surface area contributed by atoms with E-state index in [0.717, 1.165) is 47.4 Å². The van der Waals surface area contributed by atoms with Gasteiger partial charge in [-0.25, -0.2) is 0 Å². The predicted octanol–water partition coefficient (Wildman–Crippen LogP) is 2.19. The lowest BCUT2D eigenvalue weighted by molar-refractivity contribution is -0.159. The highest BCUT2D eigenvalue weighted by Gasteiger charge is 2.48. The number of fused-ring (bicyclic) bond motifs is 4. The van der Waals surface area contributed by atoms with Crippen LogP contribution in [-0.2, 0) is 20.7 Å². The molecule has 0 aliphatic carbocycles. The van der Waals surface area contributed by atoms with Crippen LogP contribution in [0, 0.1) is 0 Å². The van der Waals surface area contributed by atoms with E-state index >= 15 is 0 Å². The number of ether oxygens (including phenoxy) is 2. The summed E-state index contributed by atoms with van der Waals surface area (Å²) in [5.41, 5.74) is 3.97. The van der Waals surface area contributed by atoms with Crippen LogP contribution in [0.5, 0.6) is 5.75 Å². The fourth-order valence-electron chi connectivity index (χ4n) is 5.82. The summed E-state index contributed by atoms with van der Waals surface area (Å²) in [4.78, 5) is 36.9. The van der Waals surface area contributed by atoms with Gasteiger partial charge in [0.25, 0.3) is 0 Å². The van der Waals surface area contributed by atoms with Crippen molar-refractivity contribution in [3.8, 4) is 5.75 Å². The summed E-state index contributed by atoms with van der Waals surface area (Å²) in [5, 5.41) is 1.10. The van der Waals surface area contributed by atoms with Gasteiger partial charge in [-0.2, -0.15) is 0 Å². The summed E-state index contributed by atoms with van der Waals surface area (Å²) in [6, 6.07) is 15.0. The molecule has 8 nitrogen and oxygen atoms in total. The first-order valence-corrected chi connectivity index (χ1v) is 12.3. The zero-order valence-electron chi connectivity index (χ0n) is 19.9. The van der Waals surface area contributed by atoms with Gasteiger partial charge in [0.2, 0.25) is 11.8 Å². The lowest BCUT2D eigenvalue weighted by Gasteiger charge is -2.47. The molecular formula is C27H30N4O4. The monoisotopic (exact) mass is 474 g/mol. The maximum absolute atomic E-state index is 13.8. The maximum Gasteiger partial charge on any atom is 0.246 e. The second-order valence-corrected chi connectivity index (χ2v) is 9.44. The van der Waals surface area contributed by atoms with E-state index in [1.165, 1.54) is 0 Å². The molecule has 2 fully saturated rings. The number of hydrogen-bond acceptors (Lipinski definition) is 5. The molecule has 2 aromatic carbocycles. The largest absolute Gasteiger partial charge is 0.496 e. The van der Waals surface area contributed by atoms with Gasteiger partial charge in [0.05, 0.1) is 26.9 Å². The normalized spacial score (nSPS) is 22.9. The molecule has 6 rings (SSSR count). The Kier molecular flexibility index (Phi) is 5.70. The number of carbonyl (C=O) groups is 2. The average molecular weight is 475 g/mol. The summed E-state index contributed by atoms with van der Waals surface area (Å²) in [7, 11) is 1.64. The summed E-state index contributed by atoms with van der Waals surface area (Å²) in [5.74, 6) is 0.697. The molecule has 1 N–H and O–H groups in total. The molecule has 3 aromatic rings. The molecule has 1 aromatic heterocycles. The third-order valence-electron chi connectivity index (χ3n) is 7.57. The zero-order valence-corrected chi connectivity index (χ0v) is 19.9. The first-order chi connectivity index (χ1) is 17.2. The molecule has 4 heterocycles. The van der Waals surface area contributed by atoms with Crippen LogP contribution < -0.4 is 4.74 Å². The molecular weight excluding hydrogens is 444 g/mol. The molecule has 0 spiro atoms. The van der Waals surface area contributed by atoms with Gasteiger partial charge in [-0.3, -0.25) is 14.5 Å². The average Bonchev–Trinajstić information content (AvgIpc) is 3.28. The van der Waals surface area contributed by atoms with Gasteiger partial charge in [-0.15, -0.1) is 0 Å². The molecule has 0 unspecified atom stereocenters. The lowest BCUT2D eigenvalue weighted by Crippen LogP contribution is -2.63. The number of H-pyrrole nitrogens is 1. The summed E-state index contributed by atoms with van der Waals surface area (Å²) in [6.07, 6.45) is 0.504. The Hall–Kier alpha value is -3.36. The number of nitrogens with one attached hydrogen (secondary N) is 1. The lowest BCUT2D eigenvalue weighted by atomic mass is 9.86. The summed E-state index contributed by atoms with van der Waals surface area (Å²) < 4.78 is 11.1. The van der Waals surface area contributed by atoms with Gasteiger partial charge < -0.3 is 24.3 Å². The molecule has 2 saturated heterocycles. The number of amides is 2. The Morgan fingerprint density at radius 3 is 2.63 bits per heavy atom. The number of benzene rings is 2. The Balaban J connectivity index is 1.39. The molecule has 0 bridgehead atoms. The molecule has 35 heavy (non-hydrogen) atoms. The third kappa shape index (κ3) is 3.77. The molecule has 182 valence electrons. The van der Waals surface area contributed by atoms with Crippen molar-refractivity contribution >= 4 is 22.7 Å². The van der Waals surface area contributed by atoms with Crippen molar-refractivity contribution in [2.24, 2.45) is 0 Å². The number of morpholine rings is 1. The van der Waals surface area contributed by atoms with E-state index < -0.39 is 12.1 Å². The van der Waals surface area contributed by atoms with Crippen molar-refractivity contribution in [2.75, 3.05) is 53.0 Å². The highest BCUT2D eigenvalue weighted by Crippen LogP contribution is 2.44. The van der Waals surface area contributed by atoms with Gasteiger partial charge in [0, 0.05) is 54.8 Å². The smallest absolute Gasteiger partial charge is 0.246 e. The second-order valence-electron chi connectivity index (χ2n) is 9.44. The third-order valence-corrected chi connectivity index (χ3v) is 7.57. The van der Waals surface area contributed by atoms with Gasteiger partial charge in [0.1, 0.15) is 17.8 Å². The van der Waals surface area contributed by atoms with E-state index in [2.05, 4.69) is 16.0 Å². The van der Waals surface area contributed by atoms with Crippen LogP contribution in [0.2, 0.25) is 0 Å². The topological polar surface area (TPSA) is 78.1 Å². The quantitative estimate of drug-likeness (QED) is 0.614. The highest BCUT2D eigenvalue weighted by molar-refractivity contribution is 5.97. The Bertz CT molecular complexity index is 1270. The SMILES string of the molecule is COc1ccccc1[C@@H]1c2[nH]c3ccccc3c2C[C@H]2C(=O)N(CCN3CCOCC3)CC(=O)N12. The van der Waals surface area contributed by atoms with Crippen LogP contribution in [0.25, 0.3) is 10.9 Å². The standard InChI is InChI=1S/C27H30N4O4/c1-34-23-9-5-3-7-19(23)26-25-20(18-6-2-4-8-21(18)28-25)16-22-27(33)30(17-24(32)31(22)26)11-10-29-12-14-35-15-13-29/h2-9,22,26,28H,10-17H2,1H3/t22-,26+/m0/s1. The van der Waals surface area contributed by atoms with E-state index in [4.69, 9.17) is 9.47 Å².